The van der Waals surface area contributed by atoms with Crippen LogP contribution in [-0.2, 0) is 0 Å². The number of halogens is 1. The first-order chi connectivity index (χ1) is 8.97. The molecule has 0 bridgehead atoms. The first kappa shape index (κ1) is 15.5. The maximum Gasteiger partial charge on any atom is 0.335 e. The van der Waals surface area contributed by atoms with Gasteiger partial charge in [0, 0.05) is 12.6 Å². The quantitative estimate of drug-likeness (QED) is 0.761. The van der Waals surface area contributed by atoms with E-state index in [9.17, 15) is 9.18 Å². The summed E-state index contributed by atoms with van der Waals surface area (Å²) in [5.41, 5.74) is 0.467. The highest BCUT2D eigenvalue weighted by molar-refractivity contribution is 5.88. The van der Waals surface area contributed by atoms with Gasteiger partial charge in [0.25, 0.3) is 0 Å². The molecule has 0 unspecified atom stereocenters. The van der Waals surface area contributed by atoms with E-state index in [4.69, 9.17) is 5.11 Å². The van der Waals surface area contributed by atoms with Gasteiger partial charge in [-0.1, -0.05) is 19.8 Å². The van der Waals surface area contributed by atoms with Crippen LogP contribution in [0.25, 0.3) is 0 Å². The number of anilines is 1. The fraction of sp³-hybridized carbons (Fsp3) is 0.533. The SMILES string of the molecule is CCCCCN(c1ccc(C(=O)O)cc1F)C(C)C. The van der Waals surface area contributed by atoms with Gasteiger partial charge in [0.1, 0.15) is 5.82 Å². The molecule has 1 aromatic rings. The minimum absolute atomic E-state index is 0.0153. The van der Waals surface area contributed by atoms with E-state index in [0.29, 0.717) is 5.69 Å². The minimum atomic E-state index is -1.10. The molecule has 3 nitrogen and oxygen atoms in total. The highest BCUT2D eigenvalue weighted by atomic mass is 19.1. The molecular formula is C15H22FNO2. The molecule has 0 aromatic heterocycles. The van der Waals surface area contributed by atoms with Gasteiger partial charge in [-0.2, -0.15) is 0 Å². The van der Waals surface area contributed by atoms with Gasteiger partial charge in [0.15, 0.2) is 0 Å². The molecule has 0 amide bonds. The fourth-order valence-electron chi connectivity index (χ4n) is 2.06. The van der Waals surface area contributed by atoms with Gasteiger partial charge in [-0.3, -0.25) is 0 Å². The van der Waals surface area contributed by atoms with Crippen molar-refractivity contribution >= 4 is 11.7 Å². The number of aromatic carboxylic acids is 1. The number of hydrogen-bond acceptors (Lipinski definition) is 2. The molecule has 1 rings (SSSR count). The van der Waals surface area contributed by atoms with Crippen molar-refractivity contribution in [1.29, 1.82) is 0 Å². The molecule has 0 aliphatic heterocycles. The van der Waals surface area contributed by atoms with Crippen LogP contribution in [0.1, 0.15) is 50.4 Å². The molecular weight excluding hydrogens is 245 g/mol. The Morgan fingerprint density at radius 2 is 2.05 bits per heavy atom. The number of rotatable bonds is 7. The molecule has 1 aromatic carbocycles. The predicted octanol–water partition coefficient (Wildman–Crippen LogP) is 3.93. The van der Waals surface area contributed by atoms with Crippen LogP contribution in [0.3, 0.4) is 0 Å². The molecule has 1 N–H and O–H groups in total. The number of carboxylic acids is 1. The zero-order chi connectivity index (χ0) is 14.4. The third-order valence-electron chi connectivity index (χ3n) is 3.13. The van der Waals surface area contributed by atoms with E-state index in [1.165, 1.54) is 6.07 Å². The molecule has 0 fully saturated rings. The third kappa shape index (κ3) is 4.23. The molecule has 0 heterocycles. The first-order valence-electron chi connectivity index (χ1n) is 6.76. The highest BCUT2D eigenvalue weighted by Gasteiger charge is 2.16. The molecule has 0 saturated carbocycles. The van der Waals surface area contributed by atoms with Gasteiger partial charge in [-0.15, -0.1) is 0 Å². The summed E-state index contributed by atoms with van der Waals surface area (Å²) in [5, 5.41) is 8.84. The maximum atomic E-state index is 14.0. The van der Waals surface area contributed by atoms with Gasteiger partial charge >= 0.3 is 5.97 Å². The molecule has 106 valence electrons. The molecule has 0 spiro atoms. The smallest absolute Gasteiger partial charge is 0.335 e. The van der Waals surface area contributed by atoms with Crippen LogP contribution in [0, 0.1) is 5.82 Å². The third-order valence-corrected chi connectivity index (χ3v) is 3.13. The van der Waals surface area contributed by atoms with E-state index in [1.807, 2.05) is 18.7 Å². The molecule has 0 aliphatic carbocycles. The second-order valence-electron chi connectivity index (χ2n) is 4.97. The van der Waals surface area contributed by atoms with Gasteiger partial charge in [-0.05, 0) is 38.5 Å². The van der Waals surface area contributed by atoms with Crippen molar-refractivity contribution in [3.05, 3.63) is 29.6 Å². The predicted molar refractivity (Wildman–Crippen MR) is 75.4 cm³/mol. The Hall–Kier alpha value is -1.58. The van der Waals surface area contributed by atoms with Crippen molar-refractivity contribution in [3.63, 3.8) is 0 Å². The lowest BCUT2D eigenvalue weighted by atomic mass is 10.1. The molecule has 0 radical (unpaired) electrons. The van der Waals surface area contributed by atoms with Crippen LogP contribution in [0.15, 0.2) is 18.2 Å². The zero-order valence-corrected chi connectivity index (χ0v) is 11.8. The van der Waals surface area contributed by atoms with E-state index in [0.717, 1.165) is 31.9 Å². The van der Waals surface area contributed by atoms with Crippen LogP contribution in [0.4, 0.5) is 10.1 Å². The number of carbonyl (C=O) groups is 1. The molecule has 0 aliphatic rings. The Kier molecular flexibility index (Phi) is 5.80. The Bertz CT molecular complexity index is 432. The topological polar surface area (TPSA) is 40.5 Å². The van der Waals surface area contributed by atoms with E-state index < -0.39 is 11.8 Å². The number of carboxylic acid groups (broad SMARTS) is 1. The van der Waals surface area contributed by atoms with Crippen molar-refractivity contribution in [1.82, 2.24) is 0 Å². The van der Waals surface area contributed by atoms with Crippen LogP contribution in [-0.4, -0.2) is 23.7 Å². The lowest BCUT2D eigenvalue weighted by Crippen LogP contribution is -2.32. The summed E-state index contributed by atoms with van der Waals surface area (Å²) < 4.78 is 14.0. The maximum absolute atomic E-state index is 14.0. The van der Waals surface area contributed by atoms with E-state index in [-0.39, 0.29) is 11.6 Å². The van der Waals surface area contributed by atoms with Crippen LogP contribution in [0.2, 0.25) is 0 Å². The Morgan fingerprint density at radius 1 is 1.37 bits per heavy atom. The summed E-state index contributed by atoms with van der Waals surface area (Å²) in [6.07, 6.45) is 3.24. The van der Waals surface area contributed by atoms with Crippen molar-refractivity contribution in [2.75, 3.05) is 11.4 Å². The van der Waals surface area contributed by atoms with Crippen LogP contribution >= 0.6 is 0 Å². The first-order valence-corrected chi connectivity index (χ1v) is 6.76. The summed E-state index contributed by atoms with van der Waals surface area (Å²) in [5.74, 6) is -1.57. The van der Waals surface area contributed by atoms with Crippen molar-refractivity contribution < 1.29 is 14.3 Å². The van der Waals surface area contributed by atoms with Crippen LogP contribution < -0.4 is 4.90 Å². The van der Waals surface area contributed by atoms with Gasteiger partial charge < -0.3 is 10.0 Å². The average Bonchev–Trinajstić information content (AvgIpc) is 2.35. The van der Waals surface area contributed by atoms with Crippen molar-refractivity contribution in [3.8, 4) is 0 Å². The van der Waals surface area contributed by atoms with E-state index in [1.54, 1.807) is 6.07 Å². The summed E-state index contributed by atoms with van der Waals surface area (Å²) in [6.45, 7) is 6.93. The van der Waals surface area contributed by atoms with E-state index in [2.05, 4.69) is 6.92 Å². The van der Waals surface area contributed by atoms with E-state index >= 15 is 0 Å². The van der Waals surface area contributed by atoms with Gasteiger partial charge in [-0.25, -0.2) is 9.18 Å². The van der Waals surface area contributed by atoms with Gasteiger partial charge in [0.05, 0.1) is 11.3 Å². The van der Waals surface area contributed by atoms with Gasteiger partial charge in [0.2, 0.25) is 0 Å². The summed E-state index contributed by atoms with van der Waals surface area (Å²) >= 11 is 0. The van der Waals surface area contributed by atoms with Crippen molar-refractivity contribution in [2.45, 2.75) is 46.1 Å². The molecule has 0 saturated heterocycles. The lowest BCUT2D eigenvalue weighted by molar-refractivity contribution is 0.0696. The average molecular weight is 267 g/mol. The number of hydrogen-bond donors (Lipinski definition) is 1. The Morgan fingerprint density at radius 3 is 2.53 bits per heavy atom. The normalized spacial score (nSPS) is 10.8. The molecule has 0 atom stereocenters. The lowest BCUT2D eigenvalue weighted by Gasteiger charge is -2.29. The fourth-order valence-corrected chi connectivity index (χ4v) is 2.06. The largest absolute Gasteiger partial charge is 0.478 e. The monoisotopic (exact) mass is 267 g/mol. The molecule has 4 heteroatoms. The standard InChI is InChI=1S/C15H22FNO2/c1-4-5-6-9-17(11(2)3)14-8-7-12(15(18)19)10-13(14)16/h7-8,10-11H,4-6,9H2,1-3H3,(H,18,19). The second-order valence-corrected chi connectivity index (χ2v) is 4.97. The summed E-state index contributed by atoms with van der Waals surface area (Å²) in [7, 11) is 0. The number of benzene rings is 1. The molecule has 19 heavy (non-hydrogen) atoms. The Labute approximate surface area is 114 Å². The highest BCUT2D eigenvalue weighted by Crippen LogP contribution is 2.23. The van der Waals surface area contributed by atoms with Crippen molar-refractivity contribution in [2.24, 2.45) is 0 Å². The second kappa shape index (κ2) is 7.12. The summed E-state index contributed by atoms with van der Waals surface area (Å²) in [6, 6.07) is 4.29. The number of nitrogens with zero attached hydrogens (tertiary/aromatic N) is 1. The Balaban J connectivity index is 2.93. The van der Waals surface area contributed by atoms with Crippen LogP contribution in [0.5, 0.6) is 0 Å². The zero-order valence-electron chi connectivity index (χ0n) is 11.8. The number of unbranched alkanes of at least 4 members (excludes halogenated alkanes) is 2. The summed E-state index contributed by atoms with van der Waals surface area (Å²) in [4.78, 5) is 12.8. The minimum Gasteiger partial charge on any atom is -0.478 e.